The molecule has 1 atom stereocenters. The van der Waals surface area contributed by atoms with Gasteiger partial charge in [0.1, 0.15) is 0 Å². The van der Waals surface area contributed by atoms with E-state index < -0.39 is 5.60 Å². The van der Waals surface area contributed by atoms with Gasteiger partial charge in [-0.1, -0.05) is 43.3 Å². The molecule has 1 aliphatic rings. The molecule has 0 spiro atoms. The van der Waals surface area contributed by atoms with Gasteiger partial charge in [-0.3, -0.25) is 0 Å². The maximum Gasteiger partial charge on any atom is 0.0922 e. The van der Waals surface area contributed by atoms with Crippen molar-refractivity contribution in [2.24, 2.45) is 5.92 Å². The molecule has 1 N–H and O–H groups in total. The Morgan fingerprint density at radius 1 is 1.12 bits per heavy atom. The molecule has 1 unspecified atom stereocenters. The van der Waals surface area contributed by atoms with Crippen LogP contribution in [0.4, 0.5) is 0 Å². The molecule has 0 heterocycles. The SMILES string of the molecule is CCC(O)(c1ccc2ccccc2c1)C1CC1. The molecule has 0 amide bonds. The van der Waals surface area contributed by atoms with Crippen molar-refractivity contribution < 1.29 is 5.11 Å². The summed E-state index contributed by atoms with van der Waals surface area (Å²) in [6, 6.07) is 14.7. The van der Waals surface area contributed by atoms with Gasteiger partial charge in [-0.2, -0.15) is 0 Å². The summed E-state index contributed by atoms with van der Waals surface area (Å²) in [7, 11) is 0. The van der Waals surface area contributed by atoms with Crippen LogP contribution in [0.3, 0.4) is 0 Å². The first-order valence-electron chi connectivity index (χ1n) is 6.45. The highest BCUT2D eigenvalue weighted by atomic mass is 16.3. The van der Waals surface area contributed by atoms with Gasteiger partial charge in [0, 0.05) is 0 Å². The highest BCUT2D eigenvalue weighted by Gasteiger charge is 2.43. The largest absolute Gasteiger partial charge is 0.385 e. The van der Waals surface area contributed by atoms with Crippen LogP contribution in [-0.4, -0.2) is 5.11 Å². The van der Waals surface area contributed by atoms with E-state index in [4.69, 9.17) is 0 Å². The third-order valence-electron chi connectivity index (χ3n) is 4.04. The van der Waals surface area contributed by atoms with Crippen LogP contribution in [-0.2, 0) is 5.60 Å². The molecule has 2 aromatic carbocycles. The van der Waals surface area contributed by atoms with Crippen LogP contribution in [0.1, 0.15) is 31.7 Å². The fourth-order valence-electron chi connectivity index (χ4n) is 2.75. The summed E-state index contributed by atoms with van der Waals surface area (Å²) in [5, 5.41) is 13.3. The fourth-order valence-corrected chi connectivity index (χ4v) is 2.75. The first kappa shape index (κ1) is 10.8. The van der Waals surface area contributed by atoms with Crippen LogP contribution in [0.5, 0.6) is 0 Å². The van der Waals surface area contributed by atoms with Gasteiger partial charge in [0.15, 0.2) is 0 Å². The van der Waals surface area contributed by atoms with E-state index in [1.54, 1.807) is 0 Å². The maximum atomic E-state index is 10.8. The van der Waals surface area contributed by atoms with Gasteiger partial charge >= 0.3 is 0 Å². The Hall–Kier alpha value is -1.34. The summed E-state index contributed by atoms with van der Waals surface area (Å²) in [6.07, 6.45) is 3.13. The molecule has 1 nitrogen and oxygen atoms in total. The molecular formula is C16H18O. The summed E-state index contributed by atoms with van der Waals surface area (Å²) in [5.41, 5.74) is 0.477. The topological polar surface area (TPSA) is 20.2 Å². The average Bonchev–Trinajstić information content (AvgIpc) is 3.22. The maximum absolute atomic E-state index is 10.8. The molecule has 1 fully saturated rings. The lowest BCUT2D eigenvalue weighted by Crippen LogP contribution is -2.27. The van der Waals surface area contributed by atoms with E-state index in [-0.39, 0.29) is 0 Å². The van der Waals surface area contributed by atoms with Gasteiger partial charge in [-0.15, -0.1) is 0 Å². The van der Waals surface area contributed by atoms with Gasteiger partial charge in [-0.05, 0) is 47.6 Å². The smallest absolute Gasteiger partial charge is 0.0922 e. The molecule has 1 saturated carbocycles. The van der Waals surface area contributed by atoms with Crippen molar-refractivity contribution in [2.45, 2.75) is 31.8 Å². The Morgan fingerprint density at radius 3 is 2.47 bits per heavy atom. The number of hydrogen-bond donors (Lipinski definition) is 1. The van der Waals surface area contributed by atoms with E-state index in [1.165, 1.54) is 10.8 Å². The molecule has 0 saturated heterocycles. The first-order valence-corrected chi connectivity index (χ1v) is 6.45. The second-order valence-electron chi connectivity index (χ2n) is 5.11. The second kappa shape index (κ2) is 3.85. The van der Waals surface area contributed by atoms with Crippen molar-refractivity contribution in [3.63, 3.8) is 0 Å². The molecule has 88 valence electrons. The van der Waals surface area contributed by atoms with Crippen LogP contribution in [0, 0.1) is 5.92 Å². The average molecular weight is 226 g/mol. The van der Waals surface area contributed by atoms with E-state index in [2.05, 4.69) is 43.3 Å². The van der Waals surface area contributed by atoms with Gasteiger partial charge in [0.2, 0.25) is 0 Å². The molecule has 2 aromatic rings. The monoisotopic (exact) mass is 226 g/mol. The van der Waals surface area contributed by atoms with E-state index in [1.807, 2.05) is 6.07 Å². The summed E-state index contributed by atoms with van der Waals surface area (Å²) in [6.45, 7) is 2.08. The molecule has 1 aliphatic carbocycles. The Kier molecular flexibility index (Phi) is 2.44. The second-order valence-corrected chi connectivity index (χ2v) is 5.11. The zero-order chi connectivity index (χ0) is 11.9. The predicted octanol–water partition coefficient (Wildman–Crippen LogP) is 3.85. The number of rotatable bonds is 3. The molecule has 0 radical (unpaired) electrons. The van der Waals surface area contributed by atoms with E-state index in [0.29, 0.717) is 5.92 Å². The molecule has 0 aromatic heterocycles. The van der Waals surface area contributed by atoms with Gasteiger partial charge in [-0.25, -0.2) is 0 Å². The normalized spacial score (nSPS) is 19.2. The molecule has 0 aliphatic heterocycles. The zero-order valence-electron chi connectivity index (χ0n) is 10.2. The van der Waals surface area contributed by atoms with Crippen molar-refractivity contribution in [1.29, 1.82) is 0 Å². The Bertz CT molecular complexity index is 542. The van der Waals surface area contributed by atoms with Crippen LogP contribution in [0.15, 0.2) is 42.5 Å². The predicted molar refractivity (Wildman–Crippen MR) is 70.9 cm³/mol. The lowest BCUT2D eigenvalue weighted by atomic mass is 9.85. The van der Waals surface area contributed by atoms with E-state index >= 15 is 0 Å². The van der Waals surface area contributed by atoms with Gasteiger partial charge in [0.05, 0.1) is 5.60 Å². The Morgan fingerprint density at radius 2 is 1.82 bits per heavy atom. The molecular weight excluding hydrogens is 208 g/mol. The minimum Gasteiger partial charge on any atom is -0.385 e. The third-order valence-corrected chi connectivity index (χ3v) is 4.04. The van der Waals surface area contributed by atoms with Crippen molar-refractivity contribution in [3.8, 4) is 0 Å². The Labute approximate surface area is 102 Å². The van der Waals surface area contributed by atoms with Crippen LogP contribution in [0.25, 0.3) is 10.8 Å². The number of fused-ring (bicyclic) bond motifs is 1. The first-order chi connectivity index (χ1) is 8.24. The van der Waals surface area contributed by atoms with Crippen LogP contribution < -0.4 is 0 Å². The number of hydrogen-bond acceptors (Lipinski definition) is 1. The summed E-state index contributed by atoms with van der Waals surface area (Å²) >= 11 is 0. The third kappa shape index (κ3) is 1.75. The standard InChI is InChI=1S/C16H18O/c1-2-16(17,14-9-10-14)15-8-7-12-5-3-4-6-13(12)11-15/h3-8,11,14,17H,2,9-10H2,1H3. The Balaban J connectivity index is 2.10. The lowest BCUT2D eigenvalue weighted by Gasteiger charge is -2.27. The lowest BCUT2D eigenvalue weighted by molar-refractivity contribution is 0.00903. The molecule has 1 heteroatoms. The summed E-state index contributed by atoms with van der Waals surface area (Å²) in [5.74, 6) is 0.466. The van der Waals surface area contributed by atoms with Crippen LogP contribution in [0.2, 0.25) is 0 Å². The van der Waals surface area contributed by atoms with Crippen molar-refractivity contribution in [2.75, 3.05) is 0 Å². The van der Waals surface area contributed by atoms with Crippen molar-refractivity contribution in [1.82, 2.24) is 0 Å². The fraction of sp³-hybridized carbons (Fsp3) is 0.375. The summed E-state index contributed by atoms with van der Waals surface area (Å²) in [4.78, 5) is 0. The summed E-state index contributed by atoms with van der Waals surface area (Å²) < 4.78 is 0. The van der Waals surface area contributed by atoms with Gasteiger partial charge in [0.25, 0.3) is 0 Å². The highest BCUT2D eigenvalue weighted by molar-refractivity contribution is 5.83. The molecule has 0 bridgehead atoms. The molecule has 17 heavy (non-hydrogen) atoms. The quantitative estimate of drug-likeness (QED) is 0.843. The zero-order valence-corrected chi connectivity index (χ0v) is 10.2. The van der Waals surface area contributed by atoms with Crippen LogP contribution >= 0.6 is 0 Å². The van der Waals surface area contributed by atoms with E-state index in [9.17, 15) is 5.11 Å². The number of aliphatic hydroxyl groups is 1. The minimum atomic E-state index is -0.607. The van der Waals surface area contributed by atoms with E-state index in [0.717, 1.165) is 24.8 Å². The van der Waals surface area contributed by atoms with Crippen molar-refractivity contribution >= 4 is 10.8 Å². The highest BCUT2D eigenvalue weighted by Crippen LogP contribution is 2.47. The van der Waals surface area contributed by atoms with Gasteiger partial charge < -0.3 is 5.11 Å². The van der Waals surface area contributed by atoms with Crippen molar-refractivity contribution in [3.05, 3.63) is 48.0 Å². The minimum absolute atomic E-state index is 0.466. The molecule has 3 rings (SSSR count). The number of benzene rings is 2.